The van der Waals surface area contributed by atoms with E-state index in [1.54, 1.807) is 54.6 Å². The van der Waals surface area contributed by atoms with E-state index in [4.69, 9.17) is 0 Å². The molecule has 0 saturated carbocycles. The number of hydrogen-bond donors (Lipinski definition) is 0. The molecular formula is C27H29KN2O4. The minimum atomic E-state index is -0.425. The van der Waals surface area contributed by atoms with E-state index in [0.717, 1.165) is 12.8 Å². The van der Waals surface area contributed by atoms with Crippen LogP contribution in [0, 0.1) is 0 Å². The number of nitrogens with zero attached hydrogens (tertiary/aromatic N) is 2. The van der Waals surface area contributed by atoms with E-state index < -0.39 is 11.8 Å². The molecule has 0 spiro atoms. The molecule has 2 aliphatic rings. The summed E-state index contributed by atoms with van der Waals surface area (Å²) in [6.45, 7) is 9.87. The van der Waals surface area contributed by atoms with Gasteiger partial charge in [0.05, 0.1) is 22.9 Å². The molecule has 2 heterocycles. The summed E-state index contributed by atoms with van der Waals surface area (Å²) in [7, 11) is 0. The summed E-state index contributed by atoms with van der Waals surface area (Å²) in [5.41, 5.74) is 1.87. The Morgan fingerprint density at radius 2 is 1.15 bits per heavy atom. The minimum Gasteiger partial charge on any atom is -0.587 e. The van der Waals surface area contributed by atoms with Gasteiger partial charge in [-0.25, -0.2) is 0 Å². The number of carbonyl (C=O) groups is 4. The molecule has 0 N–H and O–H groups in total. The van der Waals surface area contributed by atoms with E-state index in [-0.39, 0.29) is 63.2 Å². The van der Waals surface area contributed by atoms with Crippen LogP contribution in [0.1, 0.15) is 80.5 Å². The van der Waals surface area contributed by atoms with Crippen molar-refractivity contribution in [1.82, 2.24) is 4.90 Å². The number of unbranched alkanes of at least 4 members (excludes halogenated alkanes) is 3. The van der Waals surface area contributed by atoms with Gasteiger partial charge in [-0.3, -0.25) is 14.5 Å². The van der Waals surface area contributed by atoms with Gasteiger partial charge in [0.2, 0.25) is 0 Å². The van der Waals surface area contributed by atoms with Crippen molar-refractivity contribution in [2.75, 3.05) is 6.54 Å². The van der Waals surface area contributed by atoms with Gasteiger partial charge in [-0.1, -0.05) is 68.3 Å². The Hall–Kier alpha value is -2.16. The first-order valence-electron chi connectivity index (χ1n) is 11.0. The molecule has 0 bridgehead atoms. The molecule has 2 aromatic carbocycles. The molecule has 0 aliphatic carbocycles. The van der Waals surface area contributed by atoms with Gasteiger partial charge in [-0.05, 0) is 31.4 Å². The molecule has 4 rings (SSSR count). The first-order valence-corrected chi connectivity index (χ1v) is 11.0. The van der Waals surface area contributed by atoms with Crippen molar-refractivity contribution < 1.29 is 70.6 Å². The van der Waals surface area contributed by atoms with Crippen molar-refractivity contribution >= 4 is 23.6 Å². The number of carbonyl (C=O) groups excluding carboxylic acids is 4. The van der Waals surface area contributed by atoms with E-state index in [0.29, 0.717) is 28.8 Å². The molecule has 2 aromatic rings. The smallest absolute Gasteiger partial charge is 0.587 e. The Morgan fingerprint density at radius 1 is 0.735 bits per heavy atom. The summed E-state index contributed by atoms with van der Waals surface area (Å²) < 4.78 is 0. The van der Waals surface area contributed by atoms with Crippen LogP contribution in [0.5, 0.6) is 0 Å². The standard InChI is InChI=1S/C13H13NO2.C8H5NO2.C6H12.K/c1-2-3-6-9-14-12(15)10-7-4-5-8-11(10)13(14)16;10-7-5-3-1-2-4-6(5)8(11)9-7;1-3-5-6-4-2;/h2,4-5,7-8H,1,3,6,9H2;1-4H,(H,9,10,11);3H,1,4-6H2,2H3;/q;;;+1/p-1. The van der Waals surface area contributed by atoms with Crippen LogP contribution in [0.2, 0.25) is 0 Å². The Kier molecular flexibility index (Phi) is 13.8. The minimum absolute atomic E-state index is 0. The third kappa shape index (κ3) is 7.96. The summed E-state index contributed by atoms with van der Waals surface area (Å²) in [6.07, 6.45) is 9.09. The first kappa shape index (κ1) is 29.9. The zero-order valence-electron chi connectivity index (χ0n) is 20.0. The SMILES string of the molecule is C=CCCCC.C=CCCCN1C(=O)c2ccccc2C1=O.O=C1[N-]C(=O)c2ccccc21.[K+]. The topological polar surface area (TPSA) is 85.6 Å². The number of allylic oxidation sites excluding steroid dienone is 2. The Morgan fingerprint density at radius 3 is 1.53 bits per heavy atom. The number of fused-ring (bicyclic) bond motifs is 2. The van der Waals surface area contributed by atoms with Crippen LogP contribution in [0.25, 0.3) is 5.32 Å². The summed E-state index contributed by atoms with van der Waals surface area (Å²) in [5, 5.41) is 3.28. The molecular weight excluding hydrogens is 455 g/mol. The van der Waals surface area contributed by atoms with Crippen LogP contribution < -0.4 is 51.4 Å². The van der Waals surface area contributed by atoms with Gasteiger partial charge in [0.15, 0.2) is 0 Å². The predicted molar refractivity (Wildman–Crippen MR) is 129 cm³/mol. The first-order chi connectivity index (χ1) is 16.0. The monoisotopic (exact) mass is 484 g/mol. The fourth-order valence-corrected chi connectivity index (χ4v) is 3.25. The van der Waals surface area contributed by atoms with Crippen LogP contribution >= 0.6 is 0 Å². The number of benzene rings is 2. The number of amides is 4. The van der Waals surface area contributed by atoms with Gasteiger partial charge >= 0.3 is 51.4 Å². The molecule has 2 aliphatic heterocycles. The maximum absolute atomic E-state index is 11.9. The van der Waals surface area contributed by atoms with Crippen molar-refractivity contribution in [3.05, 3.63) is 101 Å². The second kappa shape index (κ2) is 15.7. The van der Waals surface area contributed by atoms with Crippen LogP contribution in [-0.2, 0) is 0 Å². The Balaban J connectivity index is 0.000000280. The molecule has 4 amide bonds. The van der Waals surface area contributed by atoms with Crippen molar-refractivity contribution in [3.63, 3.8) is 0 Å². The molecule has 0 saturated heterocycles. The molecule has 0 aromatic heterocycles. The van der Waals surface area contributed by atoms with Crippen LogP contribution in [0.4, 0.5) is 0 Å². The van der Waals surface area contributed by atoms with E-state index >= 15 is 0 Å². The summed E-state index contributed by atoms with van der Waals surface area (Å²) in [4.78, 5) is 46.9. The second-order valence-corrected chi connectivity index (χ2v) is 7.44. The maximum atomic E-state index is 11.9. The van der Waals surface area contributed by atoms with Gasteiger partial charge in [0.1, 0.15) is 0 Å². The van der Waals surface area contributed by atoms with Crippen LogP contribution in [0.15, 0.2) is 73.8 Å². The average Bonchev–Trinajstić information content (AvgIpc) is 3.26. The normalized spacial score (nSPS) is 12.8. The van der Waals surface area contributed by atoms with Crippen molar-refractivity contribution in [2.24, 2.45) is 0 Å². The molecule has 0 unspecified atom stereocenters. The molecule has 0 fully saturated rings. The number of hydrogen-bond acceptors (Lipinski definition) is 4. The van der Waals surface area contributed by atoms with E-state index in [1.165, 1.54) is 24.2 Å². The summed E-state index contributed by atoms with van der Waals surface area (Å²) in [5.74, 6) is -1.20. The summed E-state index contributed by atoms with van der Waals surface area (Å²) in [6, 6.07) is 13.6. The Bertz CT molecular complexity index is 980. The largest absolute Gasteiger partial charge is 1.00 e. The number of imide groups is 2. The Labute approximate surface area is 243 Å². The van der Waals surface area contributed by atoms with E-state index in [2.05, 4.69) is 25.4 Å². The van der Waals surface area contributed by atoms with Gasteiger partial charge in [-0.2, -0.15) is 0 Å². The maximum Gasteiger partial charge on any atom is 1.00 e. The fourth-order valence-electron chi connectivity index (χ4n) is 3.25. The quantitative estimate of drug-likeness (QED) is 0.262. The van der Waals surface area contributed by atoms with Gasteiger partial charge in [0, 0.05) is 17.7 Å². The van der Waals surface area contributed by atoms with E-state index in [9.17, 15) is 19.2 Å². The zero-order chi connectivity index (χ0) is 24.2. The van der Waals surface area contributed by atoms with Gasteiger partial charge in [-0.15, -0.1) is 13.2 Å². The molecule has 6 nitrogen and oxygen atoms in total. The average molecular weight is 485 g/mol. The van der Waals surface area contributed by atoms with Crippen LogP contribution in [0.3, 0.4) is 0 Å². The van der Waals surface area contributed by atoms with Crippen molar-refractivity contribution in [1.29, 1.82) is 0 Å². The third-order valence-corrected chi connectivity index (χ3v) is 5.02. The van der Waals surface area contributed by atoms with Gasteiger partial charge < -0.3 is 14.9 Å². The van der Waals surface area contributed by atoms with E-state index in [1.807, 2.05) is 6.08 Å². The second-order valence-electron chi connectivity index (χ2n) is 7.44. The van der Waals surface area contributed by atoms with Crippen LogP contribution in [-0.4, -0.2) is 35.1 Å². The van der Waals surface area contributed by atoms with Crippen molar-refractivity contribution in [3.8, 4) is 0 Å². The third-order valence-electron chi connectivity index (χ3n) is 5.02. The fraction of sp³-hybridized carbons (Fsp3) is 0.259. The van der Waals surface area contributed by atoms with Crippen molar-refractivity contribution in [2.45, 2.75) is 39.0 Å². The molecule has 34 heavy (non-hydrogen) atoms. The molecule has 7 heteroatoms. The zero-order valence-corrected chi connectivity index (χ0v) is 23.1. The molecule has 0 atom stereocenters. The predicted octanol–water partition coefficient (Wildman–Crippen LogP) is 2.97. The van der Waals surface area contributed by atoms with Gasteiger partial charge in [0.25, 0.3) is 11.8 Å². The molecule has 0 radical (unpaired) electrons. The number of rotatable bonds is 7. The molecule has 172 valence electrons. The summed E-state index contributed by atoms with van der Waals surface area (Å²) >= 11 is 0.